The molecule has 7 nitrogen and oxygen atoms in total. The number of imidazole rings is 1. The Bertz CT molecular complexity index is 957. The van der Waals surface area contributed by atoms with E-state index in [-0.39, 0.29) is 11.7 Å². The van der Waals surface area contributed by atoms with Crippen LogP contribution in [0.15, 0.2) is 41.5 Å². The molecule has 1 fully saturated rings. The molecule has 1 aliphatic heterocycles. The summed E-state index contributed by atoms with van der Waals surface area (Å²) in [6, 6.07) is 9.93. The van der Waals surface area contributed by atoms with Gasteiger partial charge in [-0.1, -0.05) is 12.1 Å². The number of aromatic amines is 1. The molecule has 1 N–H and O–H groups in total. The van der Waals surface area contributed by atoms with Crippen molar-refractivity contribution in [1.29, 1.82) is 5.26 Å². The highest BCUT2D eigenvalue weighted by Gasteiger charge is 2.24. The molecule has 3 aromatic rings. The van der Waals surface area contributed by atoms with Crippen LogP contribution in [-0.4, -0.2) is 32.6 Å². The maximum atomic E-state index is 12.3. The number of hydrogen-bond acceptors (Lipinski definition) is 5. The predicted octanol–water partition coefficient (Wildman–Crippen LogP) is 1.83. The van der Waals surface area contributed by atoms with Crippen LogP contribution in [0.3, 0.4) is 0 Å². The van der Waals surface area contributed by atoms with E-state index in [2.05, 4.69) is 19.9 Å². The van der Waals surface area contributed by atoms with E-state index in [4.69, 9.17) is 5.26 Å². The molecule has 0 saturated carbocycles. The summed E-state index contributed by atoms with van der Waals surface area (Å²) < 4.78 is 1.87. The topological polar surface area (TPSA) is 90.6 Å². The molecule has 2 aromatic heterocycles. The zero-order valence-electron chi connectivity index (χ0n) is 13.0. The zero-order valence-corrected chi connectivity index (χ0v) is 13.0. The van der Waals surface area contributed by atoms with E-state index >= 15 is 0 Å². The average Bonchev–Trinajstić information content (AvgIpc) is 2.98. The third-order valence-electron chi connectivity index (χ3n) is 4.53. The molecule has 0 bridgehead atoms. The van der Waals surface area contributed by atoms with E-state index in [0.717, 1.165) is 42.8 Å². The summed E-state index contributed by atoms with van der Waals surface area (Å²) >= 11 is 0. The van der Waals surface area contributed by atoms with Crippen molar-refractivity contribution in [2.24, 2.45) is 0 Å². The van der Waals surface area contributed by atoms with Gasteiger partial charge in [0, 0.05) is 19.1 Å². The summed E-state index contributed by atoms with van der Waals surface area (Å²) in [5.41, 5.74) is 2.11. The molecule has 120 valence electrons. The number of nitrogens with zero attached hydrogens (tertiary/aromatic N) is 5. The van der Waals surface area contributed by atoms with Crippen LogP contribution in [0.5, 0.6) is 0 Å². The molecule has 0 spiro atoms. The van der Waals surface area contributed by atoms with Crippen LogP contribution in [0.2, 0.25) is 0 Å². The number of H-pyrrole nitrogens is 1. The Morgan fingerprint density at radius 2 is 1.96 bits per heavy atom. The van der Waals surface area contributed by atoms with Gasteiger partial charge in [0.05, 0.1) is 23.4 Å². The minimum Gasteiger partial charge on any atom is -0.355 e. The smallest absolute Gasteiger partial charge is 0.326 e. The lowest BCUT2D eigenvalue weighted by molar-refractivity contribution is 0.395. The maximum absolute atomic E-state index is 12.3. The number of rotatable bonds is 2. The Kier molecular flexibility index (Phi) is 3.50. The zero-order chi connectivity index (χ0) is 16.5. The Labute approximate surface area is 138 Å². The van der Waals surface area contributed by atoms with Gasteiger partial charge in [-0.05, 0) is 25.0 Å². The van der Waals surface area contributed by atoms with E-state index in [0.29, 0.717) is 5.69 Å². The fourth-order valence-electron chi connectivity index (χ4n) is 3.33. The minimum atomic E-state index is -0.0483. The van der Waals surface area contributed by atoms with Gasteiger partial charge in [0.25, 0.3) is 0 Å². The monoisotopic (exact) mass is 320 g/mol. The number of aromatic nitrogens is 4. The summed E-state index contributed by atoms with van der Waals surface area (Å²) in [6.45, 7) is 1.61. The van der Waals surface area contributed by atoms with Crippen molar-refractivity contribution in [2.45, 2.75) is 18.9 Å². The van der Waals surface area contributed by atoms with Crippen LogP contribution >= 0.6 is 0 Å². The fourth-order valence-corrected chi connectivity index (χ4v) is 3.33. The first kappa shape index (κ1) is 14.5. The highest BCUT2D eigenvalue weighted by atomic mass is 16.1. The average molecular weight is 320 g/mol. The number of para-hydroxylation sites is 2. The first-order valence-electron chi connectivity index (χ1n) is 7.92. The third kappa shape index (κ3) is 2.42. The predicted molar refractivity (Wildman–Crippen MR) is 89.8 cm³/mol. The normalized spacial score (nSPS) is 15.5. The van der Waals surface area contributed by atoms with Gasteiger partial charge in [-0.2, -0.15) is 5.26 Å². The van der Waals surface area contributed by atoms with Crippen molar-refractivity contribution in [2.75, 3.05) is 18.0 Å². The van der Waals surface area contributed by atoms with Gasteiger partial charge in [-0.3, -0.25) is 4.57 Å². The van der Waals surface area contributed by atoms with Gasteiger partial charge >= 0.3 is 5.69 Å². The summed E-state index contributed by atoms with van der Waals surface area (Å²) in [6.07, 6.45) is 4.86. The second-order valence-electron chi connectivity index (χ2n) is 5.91. The van der Waals surface area contributed by atoms with Crippen molar-refractivity contribution in [3.8, 4) is 6.07 Å². The van der Waals surface area contributed by atoms with E-state index in [9.17, 15) is 4.79 Å². The summed E-state index contributed by atoms with van der Waals surface area (Å²) in [5.74, 6) is 0.777. The maximum Gasteiger partial charge on any atom is 0.326 e. The van der Waals surface area contributed by atoms with E-state index in [1.54, 1.807) is 6.20 Å². The van der Waals surface area contributed by atoms with Gasteiger partial charge in [0.15, 0.2) is 5.69 Å². The molecule has 0 unspecified atom stereocenters. The molecule has 0 atom stereocenters. The van der Waals surface area contributed by atoms with Crippen LogP contribution in [0, 0.1) is 11.3 Å². The summed E-state index contributed by atoms with van der Waals surface area (Å²) in [4.78, 5) is 25.7. The van der Waals surface area contributed by atoms with Crippen molar-refractivity contribution in [1.82, 2.24) is 19.5 Å². The lowest BCUT2D eigenvalue weighted by atomic mass is 10.0. The number of nitrogens with one attached hydrogen (secondary N) is 1. The van der Waals surface area contributed by atoms with Crippen LogP contribution in [0.1, 0.15) is 24.6 Å². The molecule has 0 aliphatic carbocycles. The van der Waals surface area contributed by atoms with Gasteiger partial charge in [-0.25, -0.2) is 14.8 Å². The van der Waals surface area contributed by atoms with Gasteiger partial charge < -0.3 is 9.88 Å². The largest absolute Gasteiger partial charge is 0.355 e. The molecule has 0 amide bonds. The molecule has 3 heterocycles. The van der Waals surface area contributed by atoms with Gasteiger partial charge in [-0.15, -0.1) is 0 Å². The third-order valence-corrected chi connectivity index (χ3v) is 4.53. The van der Waals surface area contributed by atoms with E-state index in [1.165, 1.54) is 6.20 Å². The lowest BCUT2D eigenvalue weighted by Gasteiger charge is -2.33. The van der Waals surface area contributed by atoms with Crippen LogP contribution in [0.25, 0.3) is 11.0 Å². The number of piperidine rings is 1. The molecule has 7 heteroatoms. The molecule has 1 saturated heterocycles. The van der Waals surface area contributed by atoms with Crippen LogP contribution in [0.4, 0.5) is 5.82 Å². The summed E-state index contributed by atoms with van der Waals surface area (Å²) in [5, 5.41) is 8.79. The number of hydrogen-bond donors (Lipinski definition) is 1. The highest BCUT2D eigenvalue weighted by Crippen LogP contribution is 2.26. The Morgan fingerprint density at radius 3 is 2.67 bits per heavy atom. The second kappa shape index (κ2) is 5.81. The first-order chi connectivity index (χ1) is 11.8. The molecule has 1 aromatic carbocycles. The van der Waals surface area contributed by atoms with E-state index in [1.807, 2.05) is 34.9 Å². The number of anilines is 1. The highest BCUT2D eigenvalue weighted by molar-refractivity contribution is 5.75. The molecular formula is C17H16N6O. The SMILES string of the molecule is N#Cc1cnc(N2CCC(n3c(=O)[nH]c4ccccc43)CC2)cn1. The summed E-state index contributed by atoms with van der Waals surface area (Å²) in [7, 11) is 0. The van der Waals surface area contributed by atoms with Crippen molar-refractivity contribution >= 4 is 16.9 Å². The lowest BCUT2D eigenvalue weighted by Crippen LogP contribution is -2.37. The van der Waals surface area contributed by atoms with Crippen LogP contribution in [-0.2, 0) is 0 Å². The van der Waals surface area contributed by atoms with Gasteiger partial charge in [0.2, 0.25) is 0 Å². The van der Waals surface area contributed by atoms with E-state index < -0.39 is 0 Å². The first-order valence-corrected chi connectivity index (χ1v) is 7.92. The standard InChI is InChI=1S/C17H16N6O/c18-9-12-10-20-16(11-19-12)22-7-5-13(6-8-22)23-15-4-2-1-3-14(15)21-17(23)24/h1-4,10-11,13H,5-8H2,(H,21,24). The second-order valence-corrected chi connectivity index (χ2v) is 5.91. The van der Waals surface area contributed by atoms with Crippen molar-refractivity contribution in [3.05, 3.63) is 52.8 Å². The quantitative estimate of drug-likeness (QED) is 0.778. The Balaban J connectivity index is 1.54. The number of fused-ring (bicyclic) bond motifs is 1. The molecule has 1 aliphatic rings. The molecule has 0 radical (unpaired) electrons. The van der Waals surface area contributed by atoms with Crippen molar-refractivity contribution < 1.29 is 0 Å². The Morgan fingerprint density at radius 1 is 1.17 bits per heavy atom. The Hall–Kier alpha value is -3.14. The fraction of sp³-hybridized carbons (Fsp3) is 0.294. The minimum absolute atomic E-state index is 0.0483. The number of benzene rings is 1. The molecule has 4 rings (SSSR count). The van der Waals surface area contributed by atoms with Crippen molar-refractivity contribution in [3.63, 3.8) is 0 Å². The molecular weight excluding hydrogens is 304 g/mol. The van der Waals surface area contributed by atoms with Crippen LogP contribution < -0.4 is 10.6 Å². The van der Waals surface area contributed by atoms with Gasteiger partial charge in [0.1, 0.15) is 11.9 Å². The number of nitriles is 1. The molecule has 24 heavy (non-hydrogen) atoms.